The minimum Gasteiger partial charge on any atom is -0.320 e. The average Bonchev–Trinajstić information content (AvgIpc) is 2.81. The van der Waals surface area contributed by atoms with Crippen LogP contribution in [0, 0.1) is 5.82 Å². The van der Waals surface area contributed by atoms with Crippen molar-refractivity contribution in [3.05, 3.63) is 92.1 Å². The van der Waals surface area contributed by atoms with Crippen LogP contribution in [0.4, 0.5) is 46.5 Å². The molecule has 0 aliphatic rings. The zero-order valence-electron chi connectivity index (χ0n) is 17.9. The zero-order chi connectivity index (χ0) is 27.8. The summed E-state index contributed by atoms with van der Waals surface area (Å²) in [6.07, 6.45) is -12.7. The number of hydrogen-bond acceptors (Lipinski definition) is 2. The predicted molar refractivity (Wildman–Crippen MR) is 125 cm³/mol. The van der Waals surface area contributed by atoms with Gasteiger partial charge in [0, 0.05) is 20.1 Å². The van der Waals surface area contributed by atoms with Crippen molar-refractivity contribution in [3.8, 4) is 0 Å². The molecule has 0 radical (unpaired) electrons. The fourth-order valence-corrected chi connectivity index (χ4v) is 4.53. The third-order valence-electron chi connectivity index (χ3n) is 4.99. The molecule has 3 aromatic carbocycles. The molecule has 0 aliphatic heterocycles. The molecule has 0 atom stereocenters. The van der Waals surface area contributed by atoms with Gasteiger partial charge in [-0.05, 0) is 68.3 Å². The molecule has 0 heterocycles. The molecule has 2 N–H and O–H groups in total. The molecule has 196 valence electrons. The molecular weight excluding hydrogens is 648 g/mol. The molecule has 0 saturated heterocycles. The van der Waals surface area contributed by atoms with Crippen LogP contribution in [0.5, 0.6) is 0 Å². The Kier molecular flexibility index (Phi) is 8.03. The predicted octanol–water partition coefficient (Wildman–Crippen LogP) is 8.14. The van der Waals surface area contributed by atoms with Gasteiger partial charge >= 0.3 is 18.0 Å². The zero-order valence-corrected chi connectivity index (χ0v) is 21.0. The lowest BCUT2D eigenvalue weighted by Crippen LogP contribution is -2.50. The minimum absolute atomic E-state index is 0.200. The molecule has 0 aliphatic carbocycles. The number of carbonyl (C=O) groups is 2. The lowest BCUT2D eigenvalue weighted by Gasteiger charge is -2.31. The van der Waals surface area contributed by atoms with Gasteiger partial charge in [-0.2, -0.15) is 26.3 Å². The monoisotopic (exact) mass is 658 g/mol. The first-order valence-corrected chi connectivity index (χ1v) is 11.4. The second-order valence-electron chi connectivity index (χ2n) is 7.41. The quantitative estimate of drug-likeness (QED) is 0.272. The molecule has 0 aromatic heterocycles. The van der Waals surface area contributed by atoms with Crippen LogP contribution in [-0.4, -0.2) is 24.2 Å². The molecule has 3 rings (SSSR count). The highest BCUT2D eigenvalue weighted by atomic mass is 79.9. The first-order valence-electron chi connectivity index (χ1n) is 9.86. The molecule has 2 amide bonds. The summed E-state index contributed by atoms with van der Waals surface area (Å²) in [4.78, 5) is 25.0. The van der Waals surface area contributed by atoms with Gasteiger partial charge in [0.05, 0.1) is 16.9 Å². The summed E-state index contributed by atoms with van der Waals surface area (Å²) in [5, 5.41) is 4.43. The highest BCUT2D eigenvalue weighted by molar-refractivity contribution is 9.11. The van der Waals surface area contributed by atoms with Crippen LogP contribution in [-0.2, 0) is 5.67 Å². The van der Waals surface area contributed by atoms with Crippen molar-refractivity contribution in [2.24, 2.45) is 0 Å². The van der Waals surface area contributed by atoms with Crippen molar-refractivity contribution >= 4 is 55.0 Å². The van der Waals surface area contributed by atoms with Crippen molar-refractivity contribution in [1.82, 2.24) is 0 Å². The van der Waals surface area contributed by atoms with E-state index in [4.69, 9.17) is 0 Å². The van der Waals surface area contributed by atoms with E-state index in [1.807, 2.05) is 0 Å². The van der Waals surface area contributed by atoms with Crippen molar-refractivity contribution in [2.45, 2.75) is 18.0 Å². The van der Waals surface area contributed by atoms with Crippen LogP contribution in [0.25, 0.3) is 0 Å². The molecule has 4 nitrogen and oxygen atoms in total. The number of hydrogen-bond donors (Lipinski definition) is 2. The van der Waals surface area contributed by atoms with Gasteiger partial charge in [0.1, 0.15) is 0 Å². The number of nitrogens with one attached hydrogen (secondary N) is 2. The van der Waals surface area contributed by atoms with E-state index in [2.05, 4.69) is 42.5 Å². The number of benzene rings is 3. The van der Waals surface area contributed by atoms with Crippen molar-refractivity contribution < 1.29 is 44.7 Å². The molecule has 37 heavy (non-hydrogen) atoms. The maximum absolute atomic E-state index is 15.0. The van der Waals surface area contributed by atoms with E-state index < -0.39 is 61.4 Å². The van der Waals surface area contributed by atoms with Crippen molar-refractivity contribution in [3.63, 3.8) is 0 Å². The van der Waals surface area contributed by atoms with E-state index in [9.17, 15) is 44.7 Å². The summed E-state index contributed by atoms with van der Waals surface area (Å²) >= 11 is 5.44. The van der Waals surface area contributed by atoms with Crippen molar-refractivity contribution in [1.29, 1.82) is 0 Å². The lowest BCUT2D eigenvalue weighted by molar-refractivity contribution is -0.348. The van der Waals surface area contributed by atoms with E-state index in [0.29, 0.717) is 0 Å². The second kappa shape index (κ2) is 10.4. The van der Waals surface area contributed by atoms with Gasteiger partial charge in [0.25, 0.3) is 11.8 Å². The summed E-state index contributed by atoms with van der Waals surface area (Å²) in [6.45, 7) is 0. The summed E-state index contributed by atoms with van der Waals surface area (Å²) in [5.74, 6) is -3.01. The maximum Gasteiger partial charge on any atom is 0.435 e. The average molecular weight is 660 g/mol. The fraction of sp³-hybridized carbons (Fsp3) is 0.130. The van der Waals surface area contributed by atoms with Crippen LogP contribution in [0.2, 0.25) is 0 Å². The van der Waals surface area contributed by atoms with Gasteiger partial charge in [-0.15, -0.1) is 0 Å². The Bertz CT molecular complexity index is 1310. The van der Waals surface area contributed by atoms with E-state index in [-0.39, 0.29) is 23.4 Å². The Balaban J connectivity index is 1.92. The third-order valence-corrected chi connectivity index (χ3v) is 6.24. The molecule has 0 fully saturated rings. The lowest BCUT2D eigenvalue weighted by atomic mass is 9.94. The molecule has 14 heteroatoms. The summed E-state index contributed by atoms with van der Waals surface area (Å²) < 4.78 is 107. The van der Waals surface area contributed by atoms with Gasteiger partial charge < -0.3 is 10.6 Å². The Morgan fingerprint density at radius 3 is 1.76 bits per heavy atom. The van der Waals surface area contributed by atoms with Gasteiger partial charge in [0.15, 0.2) is 5.82 Å². The molecule has 0 spiro atoms. The van der Waals surface area contributed by atoms with Crippen LogP contribution in [0.3, 0.4) is 0 Å². The third kappa shape index (κ3) is 5.64. The first kappa shape index (κ1) is 28.6. The van der Waals surface area contributed by atoms with Crippen LogP contribution >= 0.6 is 31.9 Å². The molecule has 0 unspecified atom stereocenters. The van der Waals surface area contributed by atoms with Gasteiger partial charge in [0.2, 0.25) is 0 Å². The molecule has 3 aromatic rings. The van der Waals surface area contributed by atoms with Gasteiger partial charge in [-0.3, -0.25) is 9.59 Å². The first-order chi connectivity index (χ1) is 17.1. The highest BCUT2D eigenvalue weighted by Gasteiger charge is 2.73. The summed E-state index contributed by atoms with van der Waals surface area (Å²) in [5.41, 5.74) is -8.69. The number of rotatable bonds is 5. The summed E-state index contributed by atoms with van der Waals surface area (Å²) in [7, 11) is 0. The largest absolute Gasteiger partial charge is 0.435 e. The summed E-state index contributed by atoms with van der Waals surface area (Å²) in [6, 6.07) is 11.6. The topological polar surface area (TPSA) is 58.2 Å². The Morgan fingerprint density at radius 1 is 0.703 bits per heavy atom. The van der Waals surface area contributed by atoms with E-state index in [1.165, 1.54) is 24.3 Å². The number of carbonyl (C=O) groups excluding carboxylic acids is 2. The number of halogens is 10. The van der Waals surface area contributed by atoms with Crippen molar-refractivity contribution in [2.75, 3.05) is 10.6 Å². The minimum atomic E-state index is -6.34. The van der Waals surface area contributed by atoms with Gasteiger partial charge in [-0.1, -0.05) is 24.3 Å². The van der Waals surface area contributed by atoms with Crippen LogP contribution in [0.15, 0.2) is 69.6 Å². The standard InChI is InChI=1S/C23H12Br2F8N2O2/c24-14-9-12(21(27,22(28,29)30)23(31,32)33)10-15(25)18(14)35-20(37)13-7-4-8-16(17(13)26)34-19(36)11-5-2-1-3-6-11/h1-10H,(H,34,36)(H,35,37). The SMILES string of the molecule is O=C(Nc1cccc(C(=O)Nc2c(Br)cc(C(F)(C(F)(F)F)C(F)(F)F)cc2Br)c1F)c1ccccc1. The van der Waals surface area contributed by atoms with E-state index in [1.54, 1.807) is 18.2 Å². The highest BCUT2D eigenvalue weighted by Crippen LogP contribution is 2.54. The molecular formula is C23H12Br2F8N2O2. The van der Waals surface area contributed by atoms with Gasteiger partial charge in [-0.25, -0.2) is 8.78 Å². The normalized spacial score (nSPS) is 12.3. The van der Waals surface area contributed by atoms with Crippen LogP contribution in [0.1, 0.15) is 26.3 Å². The molecule has 0 bridgehead atoms. The number of amides is 2. The number of alkyl halides is 7. The fourth-order valence-electron chi connectivity index (χ4n) is 3.15. The Labute approximate surface area is 220 Å². The van der Waals surface area contributed by atoms with E-state index >= 15 is 0 Å². The van der Waals surface area contributed by atoms with Crippen LogP contribution < -0.4 is 10.6 Å². The maximum atomic E-state index is 15.0. The number of anilines is 2. The molecule has 0 saturated carbocycles. The Hall–Kier alpha value is -3.00. The smallest absolute Gasteiger partial charge is 0.320 e. The Morgan fingerprint density at radius 2 is 1.24 bits per heavy atom. The van der Waals surface area contributed by atoms with E-state index in [0.717, 1.165) is 6.07 Å². The second-order valence-corrected chi connectivity index (χ2v) is 9.12.